The average molecular weight is 373 g/mol. The monoisotopic (exact) mass is 373 g/mol. The second kappa shape index (κ2) is 8.47. The number of amides is 1. The average Bonchev–Trinajstić information content (AvgIpc) is 2.65. The van der Waals surface area contributed by atoms with Crippen LogP contribution < -0.4 is 16.4 Å². The molecule has 2 aromatic carbocycles. The standard InChI is InChI=1S/C20H24FN3O3/c1-2-20(12-26-13-20)27-19(24-18(25)14-6-4-3-5-7-14)23-11-15-10-16(22)8-9-17(15)21/h3-10,19,23H,2,11-13,22H2,1H3,(H,24,25). The summed E-state index contributed by atoms with van der Waals surface area (Å²) < 4.78 is 25.3. The van der Waals surface area contributed by atoms with Crippen LogP contribution in [0.3, 0.4) is 0 Å². The van der Waals surface area contributed by atoms with Crippen LogP contribution in [0.2, 0.25) is 0 Å². The molecule has 3 rings (SSSR count). The van der Waals surface area contributed by atoms with Crippen molar-refractivity contribution in [1.29, 1.82) is 0 Å². The summed E-state index contributed by atoms with van der Waals surface area (Å²) in [7, 11) is 0. The molecule has 4 N–H and O–H groups in total. The number of ether oxygens (including phenoxy) is 2. The van der Waals surface area contributed by atoms with Crippen molar-refractivity contribution in [2.24, 2.45) is 0 Å². The molecule has 27 heavy (non-hydrogen) atoms. The third kappa shape index (κ3) is 4.82. The Bertz CT molecular complexity index is 776. The van der Waals surface area contributed by atoms with Crippen LogP contribution in [-0.2, 0) is 16.0 Å². The van der Waals surface area contributed by atoms with Crippen molar-refractivity contribution in [3.8, 4) is 0 Å². The second-order valence-electron chi connectivity index (χ2n) is 6.60. The van der Waals surface area contributed by atoms with Crippen LogP contribution in [0.5, 0.6) is 0 Å². The summed E-state index contributed by atoms with van der Waals surface area (Å²) in [6.07, 6.45) is -0.0682. The summed E-state index contributed by atoms with van der Waals surface area (Å²) in [6.45, 7) is 3.05. The first-order valence-electron chi connectivity index (χ1n) is 8.90. The summed E-state index contributed by atoms with van der Waals surface area (Å²) in [6, 6.07) is 13.2. The van der Waals surface area contributed by atoms with Crippen LogP contribution in [0.4, 0.5) is 10.1 Å². The van der Waals surface area contributed by atoms with Crippen LogP contribution in [0.25, 0.3) is 0 Å². The Morgan fingerprint density at radius 1 is 1.30 bits per heavy atom. The Kier molecular flexibility index (Phi) is 6.05. The number of hydrogen-bond acceptors (Lipinski definition) is 5. The van der Waals surface area contributed by atoms with Gasteiger partial charge in [0.05, 0.1) is 13.2 Å². The van der Waals surface area contributed by atoms with Crippen molar-refractivity contribution in [1.82, 2.24) is 10.6 Å². The lowest BCUT2D eigenvalue weighted by molar-refractivity contribution is -0.240. The highest BCUT2D eigenvalue weighted by atomic mass is 19.1. The fraction of sp³-hybridized carbons (Fsp3) is 0.350. The molecule has 7 heteroatoms. The van der Waals surface area contributed by atoms with Crippen molar-refractivity contribution < 1.29 is 18.7 Å². The van der Waals surface area contributed by atoms with Gasteiger partial charge in [-0.2, -0.15) is 0 Å². The molecule has 1 aliphatic rings. The Balaban J connectivity index is 1.71. The van der Waals surface area contributed by atoms with Crippen LogP contribution >= 0.6 is 0 Å². The van der Waals surface area contributed by atoms with Crippen molar-refractivity contribution in [2.45, 2.75) is 31.8 Å². The van der Waals surface area contributed by atoms with E-state index in [1.54, 1.807) is 30.3 Å². The van der Waals surface area contributed by atoms with Gasteiger partial charge in [0.15, 0.2) is 6.35 Å². The molecule has 2 aromatic rings. The Morgan fingerprint density at radius 2 is 2.04 bits per heavy atom. The Labute approximate surface area is 157 Å². The van der Waals surface area contributed by atoms with Gasteiger partial charge in [-0.25, -0.2) is 4.39 Å². The van der Waals surface area contributed by atoms with Crippen LogP contribution in [0.15, 0.2) is 48.5 Å². The summed E-state index contributed by atoms with van der Waals surface area (Å²) in [4.78, 5) is 12.5. The number of anilines is 1. The van der Waals surface area contributed by atoms with Gasteiger partial charge in [-0.1, -0.05) is 25.1 Å². The van der Waals surface area contributed by atoms with Gasteiger partial charge in [0.1, 0.15) is 11.4 Å². The fourth-order valence-corrected chi connectivity index (χ4v) is 2.78. The van der Waals surface area contributed by atoms with Crippen molar-refractivity contribution in [3.63, 3.8) is 0 Å². The molecule has 0 bridgehead atoms. The number of nitrogens with two attached hydrogens (primary N) is 1. The van der Waals surface area contributed by atoms with Crippen LogP contribution in [-0.4, -0.2) is 31.1 Å². The maximum Gasteiger partial charge on any atom is 0.254 e. The lowest BCUT2D eigenvalue weighted by Crippen LogP contribution is -2.59. The van der Waals surface area contributed by atoms with E-state index >= 15 is 0 Å². The highest BCUT2D eigenvalue weighted by molar-refractivity contribution is 5.94. The molecule has 1 saturated heterocycles. The highest BCUT2D eigenvalue weighted by Crippen LogP contribution is 2.26. The van der Waals surface area contributed by atoms with E-state index in [4.69, 9.17) is 15.2 Å². The van der Waals surface area contributed by atoms with Crippen molar-refractivity contribution in [3.05, 3.63) is 65.5 Å². The molecule has 1 unspecified atom stereocenters. The molecule has 1 fully saturated rings. The van der Waals surface area contributed by atoms with Gasteiger partial charge in [-0.15, -0.1) is 0 Å². The number of carbonyl (C=O) groups excluding carboxylic acids is 1. The SMILES string of the molecule is CCC1(OC(NCc2cc(N)ccc2F)NC(=O)c2ccccc2)COC1. The Morgan fingerprint density at radius 3 is 2.67 bits per heavy atom. The van der Waals surface area contributed by atoms with E-state index in [1.165, 1.54) is 12.1 Å². The fourth-order valence-electron chi connectivity index (χ4n) is 2.78. The summed E-state index contributed by atoms with van der Waals surface area (Å²) in [5.74, 6) is -0.658. The van der Waals surface area contributed by atoms with Gasteiger partial charge >= 0.3 is 0 Å². The molecule has 0 spiro atoms. The predicted molar refractivity (Wildman–Crippen MR) is 100 cm³/mol. The van der Waals surface area contributed by atoms with E-state index in [2.05, 4.69) is 10.6 Å². The predicted octanol–water partition coefficient (Wildman–Crippen LogP) is 2.41. The first-order valence-corrected chi connectivity index (χ1v) is 8.90. The largest absolute Gasteiger partial charge is 0.399 e. The number of hydrogen-bond donors (Lipinski definition) is 3. The topological polar surface area (TPSA) is 85.6 Å². The molecule has 0 aliphatic carbocycles. The first kappa shape index (κ1) is 19.3. The molecular weight excluding hydrogens is 349 g/mol. The molecule has 0 saturated carbocycles. The summed E-state index contributed by atoms with van der Waals surface area (Å²) >= 11 is 0. The van der Waals surface area contributed by atoms with Gasteiger partial charge in [0.25, 0.3) is 5.91 Å². The minimum absolute atomic E-state index is 0.150. The molecule has 1 heterocycles. The molecule has 0 radical (unpaired) electrons. The van der Waals surface area contributed by atoms with Crippen molar-refractivity contribution >= 4 is 11.6 Å². The molecular formula is C20H24FN3O3. The third-order valence-corrected chi connectivity index (χ3v) is 4.59. The van der Waals surface area contributed by atoms with E-state index < -0.39 is 12.0 Å². The molecule has 6 nitrogen and oxygen atoms in total. The number of nitrogens with one attached hydrogen (secondary N) is 2. The number of carbonyl (C=O) groups is 1. The molecule has 144 valence electrons. The normalized spacial score (nSPS) is 16.4. The van der Waals surface area contributed by atoms with Gasteiger partial charge in [-0.3, -0.25) is 10.1 Å². The first-order chi connectivity index (χ1) is 13.0. The van der Waals surface area contributed by atoms with E-state index in [0.29, 0.717) is 30.0 Å². The van der Waals surface area contributed by atoms with Crippen molar-refractivity contribution in [2.75, 3.05) is 18.9 Å². The lowest BCUT2D eigenvalue weighted by atomic mass is 9.99. The minimum Gasteiger partial charge on any atom is -0.399 e. The summed E-state index contributed by atoms with van der Waals surface area (Å²) in [5.41, 5.74) is 6.65. The third-order valence-electron chi connectivity index (χ3n) is 4.59. The van der Waals surface area contributed by atoms with E-state index in [0.717, 1.165) is 6.42 Å². The molecule has 1 atom stereocenters. The maximum absolute atomic E-state index is 14.0. The quantitative estimate of drug-likeness (QED) is 0.489. The zero-order valence-corrected chi connectivity index (χ0v) is 15.2. The summed E-state index contributed by atoms with van der Waals surface area (Å²) in [5, 5.41) is 5.87. The second-order valence-corrected chi connectivity index (χ2v) is 6.60. The zero-order chi connectivity index (χ0) is 19.3. The van der Waals surface area contributed by atoms with Gasteiger partial charge in [0.2, 0.25) is 0 Å². The highest BCUT2D eigenvalue weighted by Gasteiger charge is 2.40. The van der Waals surface area contributed by atoms with E-state index in [-0.39, 0.29) is 18.3 Å². The number of halogens is 1. The number of rotatable bonds is 8. The lowest BCUT2D eigenvalue weighted by Gasteiger charge is -2.43. The minimum atomic E-state index is -0.803. The zero-order valence-electron chi connectivity index (χ0n) is 15.2. The number of nitrogen functional groups attached to an aromatic ring is 1. The van der Waals surface area contributed by atoms with Crippen LogP contribution in [0.1, 0.15) is 29.3 Å². The number of benzene rings is 2. The molecule has 1 aliphatic heterocycles. The smallest absolute Gasteiger partial charge is 0.254 e. The van der Waals surface area contributed by atoms with Gasteiger partial charge in [0, 0.05) is 23.4 Å². The van der Waals surface area contributed by atoms with Gasteiger partial charge < -0.3 is 20.5 Å². The maximum atomic E-state index is 14.0. The molecule has 0 aromatic heterocycles. The van der Waals surface area contributed by atoms with Gasteiger partial charge in [-0.05, 0) is 36.8 Å². The van der Waals surface area contributed by atoms with E-state index in [9.17, 15) is 9.18 Å². The van der Waals surface area contributed by atoms with Crippen LogP contribution in [0, 0.1) is 5.82 Å². The Hall–Kier alpha value is -2.48. The molecule has 1 amide bonds. The van der Waals surface area contributed by atoms with E-state index in [1.807, 2.05) is 13.0 Å².